The lowest BCUT2D eigenvalue weighted by molar-refractivity contribution is 0.0871. The molecule has 0 heterocycles. The Morgan fingerprint density at radius 2 is 2.29 bits per heavy atom. The van der Waals surface area contributed by atoms with Gasteiger partial charge in [0.15, 0.2) is 0 Å². The van der Waals surface area contributed by atoms with Crippen LogP contribution in [0.3, 0.4) is 0 Å². The molecule has 2 atom stereocenters. The van der Waals surface area contributed by atoms with E-state index >= 15 is 0 Å². The lowest BCUT2D eigenvalue weighted by Gasteiger charge is -2.26. The van der Waals surface area contributed by atoms with Crippen LogP contribution in [0, 0.1) is 5.92 Å². The minimum Gasteiger partial charge on any atom is -0.493 e. The molecule has 2 unspecified atom stereocenters. The van der Waals surface area contributed by atoms with Crippen molar-refractivity contribution in [3.63, 3.8) is 0 Å². The van der Waals surface area contributed by atoms with Gasteiger partial charge in [-0.25, -0.2) is 0 Å². The summed E-state index contributed by atoms with van der Waals surface area (Å²) in [5.41, 5.74) is 0.498. The van der Waals surface area contributed by atoms with E-state index in [9.17, 15) is 9.90 Å². The topological polar surface area (TPSA) is 58.6 Å². The number of benzene rings is 1. The highest BCUT2D eigenvalue weighted by atomic mass is 35.5. The van der Waals surface area contributed by atoms with Crippen LogP contribution in [0.4, 0.5) is 0 Å². The Morgan fingerprint density at radius 1 is 1.48 bits per heavy atom. The van der Waals surface area contributed by atoms with Crippen molar-refractivity contribution < 1.29 is 14.6 Å². The fourth-order valence-electron chi connectivity index (χ4n) is 2.74. The molecule has 1 aliphatic rings. The molecule has 0 aromatic heterocycles. The van der Waals surface area contributed by atoms with Gasteiger partial charge < -0.3 is 15.2 Å². The molecule has 1 aliphatic carbocycles. The van der Waals surface area contributed by atoms with Crippen molar-refractivity contribution in [1.29, 1.82) is 0 Å². The van der Waals surface area contributed by atoms with Gasteiger partial charge in [-0.1, -0.05) is 18.0 Å². The van der Waals surface area contributed by atoms with E-state index in [0.717, 1.165) is 25.7 Å². The molecule has 1 amide bonds. The Hall–Kier alpha value is -1.26. The summed E-state index contributed by atoms with van der Waals surface area (Å²) < 4.78 is 5.46. The van der Waals surface area contributed by atoms with Crippen molar-refractivity contribution in [2.75, 3.05) is 13.2 Å². The van der Waals surface area contributed by atoms with Crippen LogP contribution in [0.1, 0.15) is 43.0 Å². The molecule has 0 aliphatic heterocycles. The van der Waals surface area contributed by atoms with Gasteiger partial charge in [-0.2, -0.15) is 0 Å². The average molecular weight is 312 g/mol. The molecule has 0 spiro atoms. The molecule has 0 bridgehead atoms. The van der Waals surface area contributed by atoms with Gasteiger partial charge in [0.1, 0.15) is 5.75 Å². The number of ether oxygens (including phenoxy) is 1. The second-order valence-corrected chi connectivity index (χ2v) is 5.91. The number of hydrogen-bond acceptors (Lipinski definition) is 3. The van der Waals surface area contributed by atoms with Crippen LogP contribution in [0.2, 0.25) is 5.02 Å². The highest BCUT2D eigenvalue weighted by molar-refractivity contribution is 6.30. The molecule has 5 heteroatoms. The third kappa shape index (κ3) is 4.61. The summed E-state index contributed by atoms with van der Waals surface area (Å²) in [6, 6.07) is 5.02. The molecule has 0 saturated heterocycles. The summed E-state index contributed by atoms with van der Waals surface area (Å²) in [7, 11) is 0. The molecule has 116 valence electrons. The van der Waals surface area contributed by atoms with Crippen LogP contribution >= 0.6 is 11.6 Å². The molecule has 0 radical (unpaired) electrons. The predicted octanol–water partition coefficient (Wildman–Crippen LogP) is 3.02. The van der Waals surface area contributed by atoms with Crippen molar-refractivity contribution in [2.24, 2.45) is 5.92 Å². The fraction of sp³-hybridized carbons (Fsp3) is 0.562. The first-order valence-electron chi connectivity index (χ1n) is 7.48. The monoisotopic (exact) mass is 311 g/mol. The predicted molar refractivity (Wildman–Crippen MR) is 82.9 cm³/mol. The summed E-state index contributed by atoms with van der Waals surface area (Å²) in [5, 5.41) is 13.1. The SMILES string of the molecule is CCOc1cc(Cl)ccc1C(=O)NCC1CCCC(O)C1. The summed E-state index contributed by atoms with van der Waals surface area (Å²) in [4.78, 5) is 12.3. The third-order valence-electron chi connectivity index (χ3n) is 3.79. The van der Waals surface area contributed by atoms with Crippen LogP contribution in [0.5, 0.6) is 5.75 Å². The second kappa shape index (κ2) is 7.66. The van der Waals surface area contributed by atoms with E-state index in [0.29, 0.717) is 35.4 Å². The Morgan fingerprint density at radius 3 is 3.00 bits per heavy atom. The Labute approximate surface area is 130 Å². The fourth-order valence-corrected chi connectivity index (χ4v) is 2.90. The number of hydrogen-bond donors (Lipinski definition) is 2. The van der Waals surface area contributed by atoms with Crippen LogP contribution in [0.25, 0.3) is 0 Å². The van der Waals surface area contributed by atoms with E-state index < -0.39 is 0 Å². The number of aliphatic hydroxyl groups is 1. The zero-order valence-electron chi connectivity index (χ0n) is 12.3. The highest BCUT2D eigenvalue weighted by Gasteiger charge is 2.21. The molecular formula is C16H22ClNO3. The molecule has 1 fully saturated rings. The maximum absolute atomic E-state index is 12.3. The minimum atomic E-state index is -0.227. The maximum Gasteiger partial charge on any atom is 0.255 e. The van der Waals surface area contributed by atoms with Crippen molar-refractivity contribution in [3.8, 4) is 5.75 Å². The maximum atomic E-state index is 12.3. The van der Waals surface area contributed by atoms with Crippen molar-refractivity contribution in [2.45, 2.75) is 38.7 Å². The van der Waals surface area contributed by atoms with Crippen molar-refractivity contribution in [1.82, 2.24) is 5.32 Å². The van der Waals surface area contributed by atoms with E-state index in [-0.39, 0.29) is 12.0 Å². The van der Waals surface area contributed by atoms with Crippen LogP contribution in [-0.4, -0.2) is 30.3 Å². The standard InChI is InChI=1S/C16H22ClNO3/c1-2-21-15-9-12(17)6-7-14(15)16(20)18-10-11-4-3-5-13(19)8-11/h6-7,9,11,13,19H,2-5,8,10H2,1H3,(H,18,20). The Kier molecular flexibility index (Phi) is 5.88. The lowest BCUT2D eigenvalue weighted by atomic mass is 9.87. The van der Waals surface area contributed by atoms with E-state index in [1.165, 1.54) is 0 Å². The van der Waals surface area contributed by atoms with E-state index in [1.54, 1.807) is 18.2 Å². The quantitative estimate of drug-likeness (QED) is 0.879. The van der Waals surface area contributed by atoms with Crippen molar-refractivity contribution in [3.05, 3.63) is 28.8 Å². The molecule has 1 aromatic rings. The lowest BCUT2D eigenvalue weighted by Crippen LogP contribution is -2.33. The van der Waals surface area contributed by atoms with Gasteiger partial charge in [-0.05, 0) is 50.3 Å². The largest absolute Gasteiger partial charge is 0.493 e. The summed E-state index contributed by atoms with van der Waals surface area (Å²) in [6.45, 7) is 2.94. The molecule has 21 heavy (non-hydrogen) atoms. The minimum absolute atomic E-state index is 0.157. The Balaban J connectivity index is 1.96. The van der Waals surface area contributed by atoms with Gasteiger partial charge in [-0.3, -0.25) is 4.79 Å². The van der Waals surface area contributed by atoms with E-state index in [2.05, 4.69) is 5.32 Å². The number of rotatable bonds is 5. The van der Waals surface area contributed by atoms with Gasteiger partial charge >= 0.3 is 0 Å². The zero-order valence-corrected chi connectivity index (χ0v) is 13.0. The zero-order chi connectivity index (χ0) is 15.2. The van der Waals surface area contributed by atoms with Gasteiger partial charge in [0, 0.05) is 11.6 Å². The number of amides is 1. The van der Waals surface area contributed by atoms with Crippen LogP contribution < -0.4 is 10.1 Å². The van der Waals surface area contributed by atoms with Crippen molar-refractivity contribution >= 4 is 17.5 Å². The molecule has 1 aromatic carbocycles. The average Bonchev–Trinajstić information content (AvgIpc) is 2.45. The first-order valence-corrected chi connectivity index (χ1v) is 7.86. The van der Waals surface area contributed by atoms with Crippen LogP contribution in [-0.2, 0) is 0 Å². The van der Waals surface area contributed by atoms with E-state index in [1.807, 2.05) is 6.92 Å². The normalized spacial score (nSPS) is 21.9. The molecular weight excluding hydrogens is 290 g/mol. The van der Waals surface area contributed by atoms with Gasteiger partial charge in [0.05, 0.1) is 18.3 Å². The first kappa shape index (κ1) is 16.1. The number of aliphatic hydroxyl groups excluding tert-OH is 1. The second-order valence-electron chi connectivity index (χ2n) is 5.47. The van der Waals surface area contributed by atoms with Gasteiger partial charge in [-0.15, -0.1) is 0 Å². The highest BCUT2D eigenvalue weighted by Crippen LogP contribution is 2.25. The van der Waals surface area contributed by atoms with E-state index in [4.69, 9.17) is 16.3 Å². The number of halogens is 1. The first-order chi connectivity index (χ1) is 10.1. The number of carbonyl (C=O) groups excluding carboxylic acids is 1. The summed E-state index contributed by atoms with van der Waals surface area (Å²) in [6.07, 6.45) is 3.48. The smallest absolute Gasteiger partial charge is 0.255 e. The number of carbonyl (C=O) groups is 1. The van der Waals surface area contributed by atoms with Gasteiger partial charge in [0.25, 0.3) is 5.91 Å². The molecule has 2 N–H and O–H groups in total. The molecule has 2 rings (SSSR count). The van der Waals surface area contributed by atoms with Crippen LogP contribution in [0.15, 0.2) is 18.2 Å². The summed E-state index contributed by atoms with van der Waals surface area (Å²) >= 11 is 5.93. The molecule has 1 saturated carbocycles. The Bertz CT molecular complexity index is 492. The summed E-state index contributed by atoms with van der Waals surface area (Å²) in [5.74, 6) is 0.696. The molecule has 4 nitrogen and oxygen atoms in total. The van der Waals surface area contributed by atoms with Gasteiger partial charge in [0.2, 0.25) is 0 Å². The number of nitrogens with one attached hydrogen (secondary N) is 1. The third-order valence-corrected chi connectivity index (χ3v) is 4.03.